The summed E-state index contributed by atoms with van der Waals surface area (Å²) in [7, 11) is 0. The molecule has 1 heterocycles. The molecule has 2 aromatic rings. The van der Waals surface area contributed by atoms with Crippen LogP contribution in [0, 0.1) is 11.8 Å². The summed E-state index contributed by atoms with van der Waals surface area (Å²) < 4.78 is 11.2. The van der Waals surface area contributed by atoms with Gasteiger partial charge in [-0.3, -0.25) is 9.59 Å². The SMILES string of the molecule is O=C(O)CCCCOC[C@H]1CCC(=O)C1Cc1cccc2occc12. The number of unbranched alkanes of at least 4 members (excludes halogenated alkanes) is 1. The zero-order chi connectivity index (χ0) is 17.6. The average molecular weight is 344 g/mol. The zero-order valence-electron chi connectivity index (χ0n) is 14.3. The first-order valence-corrected chi connectivity index (χ1v) is 8.92. The topological polar surface area (TPSA) is 76.7 Å². The average Bonchev–Trinajstić information content (AvgIpc) is 3.19. The predicted octanol–water partition coefficient (Wildman–Crippen LogP) is 3.84. The molecule has 5 nitrogen and oxygen atoms in total. The van der Waals surface area contributed by atoms with Crippen LogP contribution in [0.3, 0.4) is 0 Å². The number of fused-ring (bicyclic) bond motifs is 1. The first kappa shape index (κ1) is 17.7. The van der Waals surface area contributed by atoms with E-state index in [4.69, 9.17) is 14.3 Å². The third-order valence-electron chi connectivity index (χ3n) is 5.03. The maximum atomic E-state index is 12.3. The van der Waals surface area contributed by atoms with Crippen molar-refractivity contribution in [1.29, 1.82) is 0 Å². The fraction of sp³-hybridized carbons (Fsp3) is 0.500. The van der Waals surface area contributed by atoms with Gasteiger partial charge in [-0.15, -0.1) is 0 Å². The molecule has 5 heteroatoms. The molecule has 134 valence electrons. The molecule has 0 saturated heterocycles. The molecule has 1 saturated carbocycles. The Morgan fingerprint density at radius 1 is 1.28 bits per heavy atom. The number of rotatable bonds is 9. The van der Waals surface area contributed by atoms with Crippen molar-refractivity contribution in [1.82, 2.24) is 0 Å². The van der Waals surface area contributed by atoms with Crippen LogP contribution in [0.2, 0.25) is 0 Å². The molecule has 1 aliphatic rings. The highest BCUT2D eigenvalue weighted by atomic mass is 16.5. The van der Waals surface area contributed by atoms with Crippen LogP contribution < -0.4 is 0 Å². The van der Waals surface area contributed by atoms with E-state index in [0.717, 1.165) is 35.8 Å². The summed E-state index contributed by atoms with van der Waals surface area (Å²) >= 11 is 0. The van der Waals surface area contributed by atoms with E-state index < -0.39 is 5.97 Å². The molecule has 25 heavy (non-hydrogen) atoms. The van der Waals surface area contributed by atoms with Gasteiger partial charge in [-0.2, -0.15) is 0 Å². The van der Waals surface area contributed by atoms with Crippen LogP contribution in [0.4, 0.5) is 0 Å². The molecular formula is C20H24O5. The van der Waals surface area contributed by atoms with E-state index in [1.165, 1.54) is 0 Å². The zero-order valence-corrected chi connectivity index (χ0v) is 14.3. The minimum absolute atomic E-state index is 0.000445. The largest absolute Gasteiger partial charge is 0.481 e. The maximum Gasteiger partial charge on any atom is 0.303 e. The second kappa shape index (κ2) is 8.30. The van der Waals surface area contributed by atoms with E-state index in [1.807, 2.05) is 18.2 Å². The fourth-order valence-corrected chi connectivity index (χ4v) is 3.64. The van der Waals surface area contributed by atoms with Crippen LogP contribution in [0.25, 0.3) is 11.0 Å². The molecule has 0 bridgehead atoms. The van der Waals surface area contributed by atoms with Gasteiger partial charge >= 0.3 is 5.97 Å². The van der Waals surface area contributed by atoms with Crippen LogP contribution >= 0.6 is 0 Å². The Labute approximate surface area is 147 Å². The van der Waals surface area contributed by atoms with Crippen molar-refractivity contribution in [3.63, 3.8) is 0 Å². The Morgan fingerprint density at radius 2 is 2.16 bits per heavy atom. The Morgan fingerprint density at radius 3 is 3.00 bits per heavy atom. The summed E-state index contributed by atoms with van der Waals surface area (Å²) in [6.45, 7) is 1.13. The fourth-order valence-electron chi connectivity index (χ4n) is 3.64. The number of carbonyl (C=O) groups is 2. The molecule has 1 aliphatic carbocycles. The van der Waals surface area contributed by atoms with Gasteiger partial charge in [-0.25, -0.2) is 0 Å². The maximum absolute atomic E-state index is 12.3. The number of Topliss-reactive ketones (excluding diaryl/α,β-unsaturated/α-hetero) is 1. The Kier molecular flexibility index (Phi) is 5.87. The molecule has 1 N–H and O–H groups in total. The first-order chi connectivity index (χ1) is 12.1. The lowest BCUT2D eigenvalue weighted by Crippen LogP contribution is -2.22. The highest BCUT2D eigenvalue weighted by Crippen LogP contribution is 2.33. The van der Waals surface area contributed by atoms with Crippen molar-refractivity contribution >= 4 is 22.7 Å². The molecule has 1 aromatic carbocycles. The molecule has 2 atom stereocenters. The number of hydrogen-bond acceptors (Lipinski definition) is 4. The summed E-state index contributed by atoms with van der Waals surface area (Å²) in [6.07, 6.45) is 5.46. The number of carbonyl (C=O) groups excluding carboxylic acids is 1. The lowest BCUT2D eigenvalue weighted by Gasteiger charge is -2.19. The predicted molar refractivity (Wildman–Crippen MR) is 93.4 cm³/mol. The highest BCUT2D eigenvalue weighted by molar-refractivity contribution is 5.86. The minimum Gasteiger partial charge on any atom is -0.481 e. The van der Waals surface area contributed by atoms with Crippen molar-refractivity contribution in [3.8, 4) is 0 Å². The summed E-state index contributed by atoms with van der Waals surface area (Å²) in [5, 5.41) is 9.70. The Hall–Kier alpha value is -2.14. The third kappa shape index (κ3) is 4.48. The van der Waals surface area contributed by atoms with Crippen molar-refractivity contribution in [2.24, 2.45) is 11.8 Å². The number of hydrogen-bond donors (Lipinski definition) is 1. The number of ether oxygens (including phenoxy) is 1. The molecule has 3 rings (SSSR count). The van der Waals surface area contributed by atoms with E-state index in [2.05, 4.69) is 6.07 Å². The second-order valence-electron chi connectivity index (χ2n) is 6.75. The van der Waals surface area contributed by atoms with Crippen molar-refractivity contribution in [2.75, 3.05) is 13.2 Å². The minimum atomic E-state index is -0.769. The van der Waals surface area contributed by atoms with Gasteiger partial charge in [0, 0.05) is 30.8 Å². The van der Waals surface area contributed by atoms with Gasteiger partial charge in [0.25, 0.3) is 0 Å². The van der Waals surface area contributed by atoms with Gasteiger partial charge < -0.3 is 14.3 Å². The van der Waals surface area contributed by atoms with Crippen molar-refractivity contribution < 1.29 is 23.8 Å². The van der Waals surface area contributed by atoms with Gasteiger partial charge in [0.15, 0.2) is 0 Å². The molecular weight excluding hydrogens is 320 g/mol. The first-order valence-electron chi connectivity index (χ1n) is 8.92. The molecule has 0 radical (unpaired) electrons. The van der Waals surface area contributed by atoms with Gasteiger partial charge in [-0.1, -0.05) is 12.1 Å². The summed E-state index contributed by atoms with van der Waals surface area (Å²) in [4.78, 5) is 22.8. The lowest BCUT2D eigenvalue weighted by atomic mass is 9.88. The van der Waals surface area contributed by atoms with E-state index >= 15 is 0 Å². The second-order valence-corrected chi connectivity index (χ2v) is 6.75. The number of benzene rings is 1. The normalized spacial score (nSPS) is 20.4. The number of carboxylic acids is 1. The highest BCUT2D eigenvalue weighted by Gasteiger charge is 2.34. The van der Waals surface area contributed by atoms with Gasteiger partial charge in [0.05, 0.1) is 12.9 Å². The van der Waals surface area contributed by atoms with Gasteiger partial charge in [0.2, 0.25) is 0 Å². The number of ketones is 1. The van der Waals surface area contributed by atoms with Crippen molar-refractivity contribution in [3.05, 3.63) is 36.1 Å². The van der Waals surface area contributed by atoms with E-state index in [9.17, 15) is 9.59 Å². The number of furan rings is 1. The molecule has 1 aromatic heterocycles. The third-order valence-corrected chi connectivity index (χ3v) is 5.03. The van der Waals surface area contributed by atoms with E-state index in [-0.39, 0.29) is 18.3 Å². The molecule has 0 aliphatic heterocycles. The van der Waals surface area contributed by atoms with E-state index in [0.29, 0.717) is 31.8 Å². The molecule has 1 fully saturated rings. The quantitative estimate of drug-likeness (QED) is 0.699. The number of carboxylic acid groups (broad SMARTS) is 1. The number of aliphatic carboxylic acids is 1. The summed E-state index contributed by atoms with van der Waals surface area (Å²) in [5.41, 5.74) is 2.01. The van der Waals surface area contributed by atoms with Crippen LogP contribution in [0.15, 0.2) is 34.9 Å². The smallest absolute Gasteiger partial charge is 0.303 e. The standard InChI is InChI=1S/C20H24O5/c21-18-8-7-15(13-24-10-2-1-6-20(22)23)17(18)12-14-4-3-5-19-16(14)9-11-25-19/h3-5,9,11,15,17H,1-2,6-8,10,12-13H2,(H,22,23)/t15-,17?/m1/s1. The van der Waals surface area contributed by atoms with E-state index in [1.54, 1.807) is 6.26 Å². The summed E-state index contributed by atoms with van der Waals surface area (Å²) in [6, 6.07) is 7.92. The van der Waals surface area contributed by atoms with Crippen LogP contribution in [0.1, 0.15) is 37.7 Å². The Balaban J connectivity index is 1.53. The Bertz CT molecular complexity index is 733. The molecule has 1 unspecified atom stereocenters. The van der Waals surface area contributed by atoms with Crippen LogP contribution in [-0.2, 0) is 20.7 Å². The lowest BCUT2D eigenvalue weighted by molar-refractivity contribution is -0.137. The monoisotopic (exact) mass is 344 g/mol. The van der Waals surface area contributed by atoms with Crippen molar-refractivity contribution in [2.45, 2.75) is 38.5 Å². The summed E-state index contributed by atoms with van der Waals surface area (Å²) in [5.74, 6) is -0.205. The van der Waals surface area contributed by atoms with Gasteiger partial charge in [0.1, 0.15) is 11.4 Å². The van der Waals surface area contributed by atoms with Gasteiger partial charge in [-0.05, 0) is 49.3 Å². The molecule has 0 spiro atoms. The van der Waals surface area contributed by atoms with Crippen LogP contribution in [0.5, 0.6) is 0 Å². The van der Waals surface area contributed by atoms with Crippen LogP contribution in [-0.4, -0.2) is 30.1 Å². The molecule has 0 amide bonds.